The highest BCUT2D eigenvalue weighted by Gasteiger charge is 2.27. The lowest BCUT2D eigenvalue weighted by molar-refractivity contribution is -0.168. The molecule has 9 nitrogen and oxygen atoms in total. The highest BCUT2D eigenvalue weighted by atomic mass is 32.2. The second-order valence-electron chi connectivity index (χ2n) is 15.5. The summed E-state index contributed by atoms with van der Waals surface area (Å²) in [5.41, 5.74) is 4.57. The van der Waals surface area contributed by atoms with Crippen molar-refractivity contribution in [2.45, 2.75) is 125 Å². The molecule has 0 aliphatic carbocycles. The smallest absolute Gasteiger partial charge is 0.340 e. The molecule has 11 heteroatoms. The van der Waals surface area contributed by atoms with Crippen molar-refractivity contribution in [3.63, 3.8) is 0 Å². The molecule has 1 heterocycles. The largest absolute Gasteiger partial charge is 0.494 e. The molecule has 2 atom stereocenters. The Bertz CT molecular complexity index is 2260. The maximum atomic E-state index is 14.2. The number of rotatable bonds is 24. The molecule has 0 spiro atoms. The number of carbonyl (C=O) groups excluding carboxylic acids is 1. The first kappa shape index (κ1) is 46.8. The minimum absolute atomic E-state index is 0.00386. The number of ether oxygens (including phenoxy) is 5. The summed E-state index contributed by atoms with van der Waals surface area (Å²) in [6.45, 7) is 8.38. The number of benzene rings is 5. The van der Waals surface area contributed by atoms with Crippen LogP contribution in [0.2, 0.25) is 0 Å². The Hall–Kier alpha value is -4.65. The minimum atomic E-state index is -4.34. The van der Waals surface area contributed by atoms with Crippen LogP contribution in [0.4, 0.5) is 0 Å². The van der Waals surface area contributed by atoms with Crippen molar-refractivity contribution in [1.29, 1.82) is 0 Å². The molecule has 0 amide bonds. The number of esters is 1. The van der Waals surface area contributed by atoms with Crippen LogP contribution in [0.1, 0.15) is 113 Å². The first-order chi connectivity index (χ1) is 30.2. The summed E-state index contributed by atoms with van der Waals surface area (Å²) in [4.78, 5) is 14.3. The summed E-state index contributed by atoms with van der Waals surface area (Å²) in [7, 11) is -4.34. The Morgan fingerprint density at radius 1 is 0.758 bits per heavy atom. The van der Waals surface area contributed by atoms with Gasteiger partial charge in [-0.1, -0.05) is 112 Å². The van der Waals surface area contributed by atoms with Crippen LogP contribution in [0, 0.1) is 0 Å². The number of hydrogen-bond donors (Lipinski definition) is 0. The third kappa shape index (κ3) is 14.2. The van der Waals surface area contributed by atoms with Gasteiger partial charge in [-0.25, -0.2) is 0 Å². The van der Waals surface area contributed by atoms with Crippen LogP contribution in [0.25, 0.3) is 11.1 Å². The van der Waals surface area contributed by atoms with Gasteiger partial charge in [0.1, 0.15) is 16.4 Å². The van der Waals surface area contributed by atoms with Crippen LogP contribution in [0.15, 0.2) is 130 Å². The van der Waals surface area contributed by atoms with Crippen LogP contribution in [-0.2, 0) is 47.1 Å². The third-order valence-electron chi connectivity index (χ3n) is 10.4. The summed E-state index contributed by atoms with van der Waals surface area (Å²) < 4.78 is 64.6. The van der Waals surface area contributed by atoms with E-state index < -0.39 is 22.2 Å². The van der Waals surface area contributed by atoms with Crippen LogP contribution in [0.3, 0.4) is 0 Å². The maximum Gasteiger partial charge on any atom is 0.340 e. The molecule has 6 rings (SSSR count). The Labute approximate surface area is 372 Å². The molecule has 5 aromatic carbocycles. The predicted octanol–water partition coefficient (Wildman–Crippen LogP) is 12.6. The van der Waals surface area contributed by atoms with Gasteiger partial charge in [-0.15, -0.1) is 0 Å². The van der Waals surface area contributed by atoms with E-state index in [1.54, 1.807) is 42.5 Å². The summed E-state index contributed by atoms with van der Waals surface area (Å²) in [6.07, 6.45) is 9.52. The van der Waals surface area contributed by atoms with Gasteiger partial charge in [-0.05, 0) is 121 Å². The molecule has 1 saturated heterocycles. The van der Waals surface area contributed by atoms with Gasteiger partial charge < -0.3 is 27.9 Å². The van der Waals surface area contributed by atoms with Crippen LogP contribution < -0.4 is 8.92 Å². The molecule has 0 aromatic heterocycles. The van der Waals surface area contributed by atoms with Crippen molar-refractivity contribution in [2.24, 2.45) is 0 Å². The van der Waals surface area contributed by atoms with Crippen LogP contribution in [0.5, 0.6) is 11.5 Å². The zero-order chi connectivity index (χ0) is 43.6. The molecule has 1 aliphatic heterocycles. The van der Waals surface area contributed by atoms with E-state index >= 15 is 0 Å². The average molecular weight is 881 g/mol. The fourth-order valence-electron chi connectivity index (χ4n) is 7.27. The Morgan fingerprint density at radius 2 is 1.50 bits per heavy atom. The minimum Gasteiger partial charge on any atom is -0.494 e. The molecule has 1 aliphatic rings. The lowest BCUT2D eigenvalue weighted by atomic mass is 9.91. The Kier molecular flexibility index (Phi) is 18.3. The van der Waals surface area contributed by atoms with Gasteiger partial charge in [0, 0.05) is 35.5 Å². The fourth-order valence-corrected chi connectivity index (χ4v) is 9.57. The van der Waals surface area contributed by atoms with Crippen LogP contribution >= 0.6 is 11.8 Å². The van der Waals surface area contributed by atoms with E-state index in [-0.39, 0.29) is 16.9 Å². The Balaban J connectivity index is 1.36. The molecule has 1 fully saturated rings. The monoisotopic (exact) mass is 880 g/mol. The number of hydrogen-bond acceptors (Lipinski definition) is 10. The molecule has 0 N–H and O–H groups in total. The maximum absolute atomic E-state index is 14.2. The van der Waals surface area contributed by atoms with Crippen LogP contribution in [-0.4, -0.2) is 40.5 Å². The van der Waals surface area contributed by atoms with E-state index in [2.05, 4.69) is 19.9 Å². The molecule has 330 valence electrons. The molecule has 0 saturated carbocycles. The highest BCUT2D eigenvalue weighted by molar-refractivity contribution is 8.00. The van der Waals surface area contributed by atoms with E-state index in [4.69, 9.17) is 27.9 Å². The van der Waals surface area contributed by atoms with E-state index in [1.165, 1.54) is 37.9 Å². The van der Waals surface area contributed by atoms with Gasteiger partial charge in [-0.2, -0.15) is 8.42 Å². The third-order valence-corrected chi connectivity index (χ3v) is 12.9. The average Bonchev–Trinajstić information content (AvgIpc) is 3.28. The lowest BCUT2D eigenvalue weighted by Crippen LogP contribution is -2.22. The zero-order valence-electron chi connectivity index (χ0n) is 36.2. The molecule has 5 aromatic rings. The highest BCUT2D eigenvalue weighted by Crippen LogP contribution is 2.41. The standard InChI is InChI=1S/C51H60O9S2/c1-4-6-8-9-16-29-55-36-39-32-40(37-58-50-22-15-17-31-57-50)34-42(33-39)51(59-38(3)52)47-21-14-13-20-46(47)41-23-28-48(61-45-26-24-43(25-27-45)56-30-7-5-2)49(35-41)62(53,54)60-44-18-11-10-12-19-44/h10-14,18-21,23-28,32-35,50-51H,4-9,15-17,22,29-31,36-37H2,1-3H3. The molecule has 62 heavy (non-hydrogen) atoms. The zero-order valence-corrected chi connectivity index (χ0v) is 37.9. The van der Waals surface area contributed by atoms with Crippen molar-refractivity contribution >= 4 is 27.8 Å². The van der Waals surface area contributed by atoms with Gasteiger partial charge in [0.05, 0.1) is 19.8 Å². The first-order valence-electron chi connectivity index (χ1n) is 22.0. The van der Waals surface area contributed by atoms with Gasteiger partial charge in [0.25, 0.3) is 0 Å². The Morgan fingerprint density at radius 3 is 2.24 bits per heavy atom. The molecular weight excluding hydrogens is 821 g/mol. The van der Waals surface area contributed by atoms with Crippen molar-refractivity contribution in [1.82, 2.24) is 0 Å². The first-order valence-corrected chi connectivity index (χ1v) is 24.2. The molecule has 0 radical (unpaired) electrons. The topological polar surface area (TPSA) is 107 Å². The molecular formula is C51H60O9S2. The van der Waals surface area contributed by atoms with Crippen molar-refractivity contribution in [3.05, 3.63) is 138 Å². The predicted molar refractivity (Wildman–Crippen MR) is 244 cm³/mol. The summed E-state index contributed by atoms with van der Waals surface area (Å²) >= 11 is 1.32. The fraction of sp³-hybridized carbons (Fsp3) is 0.392. The van der Waals surface area contributed by atoms with Gasteiger partial charge in [0.15, 0.2) is 12.4 Å². The normalized spacial score (nSPS) is 14.6. The molecule has 2 unspecified atom stereocenters. The number of para-hydroxylation sites is 1. The SMILES string of the molecule is CCCCCCCOCc1cc(COC2CCCCO2)cc(C(OC(C)=O)c2ccccc2-c2ccc(Sc3ccc(OCCCC)cc3)c(S(=O)(=O)Oc3ccccc3)c2)c1. The molecule has 0 bridgehead atoms. The van der Waals surface area contributed by atoms with Crippen molar-refractivity contribution < 1.29 is 41.1 Å². The summed E-state index contributed by atoms with van der Waals surface area (Å²) in [5.74, 6) is 0.499. The quantitative estimate of drug-likeness (QED) is 0.0338. The van der Waals surface area contributed by atoms with Crippen molar-refractivity contribution in [3.8, 4) is 22.6 Å². The second-order valence-corrected chi connectivity index (χ2v) is 18.2. The van der Waals surface area contributed by atoms with Gasteiger partial charge in [0.2, 0.25) is 0 Å². The van der Waals surface area contributed by atoms with E-state index in [9.17, 15) is 13.2 Å². The van der Waals surface area contributed by atoms with Crippen molar-refractivity contribution in [2.75, 3.05) is 19.8 Å². The number of unbranched alkanes of at least 4 members (excludes halogenated alkanes) is 5. The van der Waals surface area contributed by atoms with Gasteiger partial charge in [-0.3, -0.25) is 4.79 Å². The second kappa shape index (κ2) is 24.3. The van der Waals surface area contributed by atoms with E-state index in [1.807, 2.05) is 66.7 Å². The van der Waals surface area contributed by atoms with E-state index in [0.29, 0.717) is 54.6 Å². The summed E-state index contributed by atoms with van der Waals surface area (Å²) in [6, 6.07) is 35.1. The summed E-state index contributed by atoms with van der Waals surface area (Å²) in [5, 5.41) is 0. The lowest BCUT2D eigenvalue weighted by Gasteiger charge is -2.24. The number of carbonyl (C=O) groups is 1. The van der Waals surface area contributed by atoms with E-state index in [0.717, 1.165) is 72.3 Å². The van der Waals surface area contributed by atoms with Gasteiger partial charge >= 0.3 is 16.1 Å².